The molecule has 1 N–H and O–H groups in total. The summed E-state index contributed by atoms with van der Waals surface area (Å²) < 4.78 is 2.40. The van der Waals surface area contributed by atoms with Gasteiger partial charge in [-0.05, 0) is 44.9 Å². The van der Waals surface area contributed by atoms with Crippen LogP contribution in [-0.2, 0) is 13.0 Å². The van der Waals surface area contributed by atoms with E-state index in [4.69, 9.17) is 4.99 Å². The zero-order valence-electron chi connectivity index (χ0n) is 19.3. The number of aryl methyl sites for hydroxylation is 2. The Morgan fingerprint density at radius 3 is 2.58 bits per heavy atom. The topological polar surface area (TPSA) is 58.3 Å². The molecule has 0 radical (unpaired) electrons. The molecule has 1 saturated carbocycles. The quantitative estimate of drug-likeness (QED) is 0.154. The lowest BCUT2D eigenvalue weighted by molar-refractivity contribution is 0.460. The van der Waals surface area contributed by atoms with Crippen LogP contribution in [0.1, 0.15) is 62.0 Å². The molecule has 0 amide bonds. The molecule has 3 rings (SSSR count). The Balaban J connectivity index is 0.00000341. The van der Waals surface area contributed by atoms with E-state index < -0.39 is 0 Å². The highest BCUT2D eigenvalue weighted by Gasteiger charge is 2.23. The number of nitrogens with zero attached hydrogens (tertiary/aromatic N) is 5. The second-order valence-electron chi connectivity index (χ2n) is 8.09. The van der Waals surface area contributed by atoms with Crippen LogP contribution in [0.3, 0.4) is 0 Å². The molecule has 0 aliphatic heterocycles. The van der Waals surface area contributed by atoms with E-state index in [1.807, 2.05) is 0 Å². The van der Waals surface area contributed by atoms with Crippen LogP contribution in [0.2, 0.25) is 0 Å². The van der Waals surface area contributed by atoms with E-state index in [1.165, 1.54) is 36.8 Å². The molecule has 2 aromatic rings. The van der Waals surface area contributed by atoms with Crippen molar-refractivity contribution < 1.29 is 0 Å². The van der Waals surface area contributed by atoms with Gasteiger partial charge in [0.25, 0.3) is 0 Å². The van der Waals surface area contributed by atoms with E-state index in [0.29, 0.717) is 6.04 Å². The molecule has 0 bridgehead atoms. The summed E-state index contributed by atoms with van der Waals surface area (Å²) in [5.74, 6) is 2.08. The standard InChI is InChI=1S/C23H36N6S.HI/c1-5-24-22(28(3)17-19-14-12-18(2)13-15-19)25-16-8-11-21-26-27-23(30-4)29(21)20-9-6-7-10-20;/h12-15,20H,5-11,16-17H2,1-4H3,(H,24,25);1H. The largest absolute Gasteiger partial charge is 0.357 e. The minimum atomic E-state index is 0. The van der Waals surface area contributed by atoms with E-state index in [1.54, 1.807) is 11.8 Å². The van der Waals surface area contributed by atoms with Gasteiger partial charge in [-0.15, -0.1) is 34.2 Å². The molecule has 0 unspecified atom stereocenters. The number of aliphatic imine (C=N–C) groups is 1. The van der Waals surface area contributed by atoms with Crippen molar-refractivity contribution in [2.75, 3.05) is 26.4 Å². The van der Waals surface area contributed by atoms with Gasteiger partial charge in [0, 0.05) is 39.1 Å². The van der Waals surface area contributed by atoms with Crippen molar-refractivity contribution in [2.24, 2.45) is 4.99 Å². The molecule has 1 aliphatic rings. The lowest BCUT2D eigenvalue weighted by Gasteiger charge is -2.22. The molecule has 0 saturated heterocycles. The van der Waals surface area contributed by atoms with Crippen LogP contribution in [0.5, 0.6) is 0 Å². The van der Waals surface area contributed by atoms with E-state index in [2.05, 4.69) is 76.4 Å². The molecular formula is C23H37IN6S. The van der Waals surface area contributed by atoms with Gasteiger partial charge in [0.2, 0.25) is 0 Å². The second-order valence-corrected chi connectivity index (χ2v) is 8.87. The van der Waals surface area contributed by atoms with E-state index in [0.717, 1.165) is 49.4 Å². The molecule has 0 atom stereocenters. The molecule has 1 aromatic heterocycles. The molecule has 31 heavy (non-hydrogen) atoms. The van der Waals surface area contributed by atoms with Gasteiger partial charge in [-0.2, -0.15) is 0 Å². The van der Waals surface area contributed by atoms with Crippen LogP contribution in [0.4, 0.5) is 0 Å². The molecule has 8 heteroatoms. The third-order valence-corrected chi connectivity index (χ3v) is 6.31. The maximum atomic E-state index is 4.87. The number of nitrogens with one attached hydrogen (secondary N) is 1. The molecule has 0 spiro atoms. The highest BCUT2D eigenvalue weighted by atomic mass is 127. The van der Waals surface area contributed by atoms with Crippen LogP contribution < -0.4 is 5.32 Å². The van der Waals surface area contributed by atoms with Gasteiger partial charge in [0.15, 0.2) is 11.1 Å². The Labute approximate surface area is 208 Å². The monoisotopic (exact) mass is 556 g/mol. The summed E-state index contributed by atoms with van der Waals surface area (Å²) in [5, 5.41) is 13.4. The average Bonchev–Trinajstić information content (AvgIpc) is 3.41. The number of halogens is 1. The second kappa shape index (κ2) is 13.3. The number of guanidine groups is 1. The Morgan fingerprint density at radius 2 is 1.94 bits per heavy atom. The number of benzene rings is 1. The molecule has 1 aliphatic carbocycles. The molecular weight excluding hydrogens is 519 g/mol. The first-order chi connectivity index (χ1) is 14.6. The Morgan fingerprint density at radius 1 is 1.23 bits per heavy atom. The highest BCUT2D eigenvalue weighted by Crippen LogP contribution is 2.33. The molecule has 172 valence electrons. The maximum Gasteiger partial charge on any atom is 0.193 e. The Bertz CT molecular complexity index is 814. The van der Waals surface area contributed by atoms with E-state index >= 15 is 0 Å². The fourth-order valence-corrected chi connectivity index (χ4v) is 4.65. The first-order valence-electron chi connectivity index (χ1n) is 11.1. The SMILES string of the molecule is CCNC(=NCCCc1nnc(SC)n1C1CCCC1)N(C)Cc1ccc(C)cc1.I. The van der Waals surface area contributed by atoms with Crippen molar-refractivity contribution in [3.63, 3.8) is 0 Å². The van der Waals surface area contributed by atoms with Crippen molar-refractivity contribution in [3.8, 4) is 0 Å². The fraction of sp³-hybridized carbons (Fsp3) is 0.609. The normalized spacial score (nSPS) is 14.5. The molecule has 6 nitrogen and oxygen atoms in total. The zero-order chi connectivity index (χ0) is 21.3. The average molecular weight is 557 g/mol. The summed E-state index contributed by atoms with van der Waals surface area (Å²) in [6.07, 6.45) is 9.15. The van der Waals surface area contributed by atoms with E-state index in [-0.39, 0.29) is 24.0 Å². The smallest absolute Gasteiger partial charge is 0.193 e. The molecule has 1 aromatic carbocycles. The third kappa shape index (κ3) is 7.37. The van der Waals surface area contributed by atoms with Crippen molar-refractivity contribution >= 4 is 41.7 Å². The Kier molecular flexibility index (Phi) is 11.1. The zero-order valence-corrected chi connectivity index (χ0v) is 22.5. The van der Waals surface area contributed by atoms with Crippen LogP contribution in [-0.4, -0.2) is 52.0 Å². The van der Waals surface area contributed by atoms with Gasteiger partial charge < -0.3 is 14.8 Å². The predicted molar refractivity (Wildman–Crippen MR) is 142 cm³/mol. The van der Waals surface area contributed by atoms with Crippen LogP contribution in [0.15, 0.2) is 34.4 Å². The first kappa shape index (κ1) is 26.0. The number of aromatic nitrogens is 3. The third-order valence-electron chi connectivity index (χ3n) is 5.66. The number of thioether (sulfide) groups is 1. The number of hydrogen-bond acceptors (Lipinski definition) is 4. The lowest BCUT2D eigenvalue weighted by atomic mass is 10.1. The van der Waals surface area contributed by atoms with Gasteiger partial charge in [0.1, 0.15) is 5.82 Å². The van der Waals surface area contributed by atoms with Gasteiger partial charge in [-0.3, -0.25) is 4.99 Å². The van der Waals surface area contributed by atoms with Crippen molar-refractivity contribution in [3.05, 3.63) is 41.2 Å². The highest BCUT2D eigenvalue weighted by molar-refractivity contribution is 14.0. The summed E-state index contributed by atoms with van der Waals surface area (Å²) in [6.45, 7) is 6.73. The minimum Gasteiger partial charge on any atom is -0.357 e. The van der Waals surface area contributed by atoms with Crippen molar-refractivity contribution in [2.45, 2.75) is 70.1 Å². The number of rotatable bonds is 9. The van der Waals surface area contributed by atoms with E-state index in [9.17, 15) is 0 Å². The summed E-state index contributed by atoms with van der Waals surface area (Å²) in [5.41, 5.74) is 2.58. The maximum absolute atomic E-state index is 4.87. The summed E-state index contributed by atoms with van der Waals surface area (Å²) in [6, 6.07) is 9.29. The van der Waals surface area contributed by atoms with Gasteiger partial charge >= 0.3 is 0 Å². The van der Waals surface area contributed by atoms with Gasteiger partial charge in [0.05, 0.1) is 0 Å². The number of hydrogen-bond donors (Lipinski definition) is 1. The fourth-order valence-electron chi connectivity index (χ4n) is 4.08. The van der Waals surface area contributed by atoms with Crippen molar-refractivity contribution in [1.82, 2.24) is 25.0 Å². The van der Waals surface area contributed by atoms with Crippen LogP contribution >= 0.6 is 35.7 Å². The van der Waals surface area contributed by atoms with Gasteiger partial charge in [-0.1, -0.05) is 54.4 Å². The lowest BCUT2D eigenvalue weighted by Crippen LogP contribution is -2.38. The van der Waals surface area contributed by atoms with Crippen LogP contribution in [0.25, 0.3) is 0 Å². The summed E-state index contributed by atoms with van der Waals surface area (Å²) >= 11 is 1.70. The van der Waals surface area contributed by atoms with Gasteiger partial charge in [-0.25, -0.2) is 0 Å². The minimum absolute atomic E-state index is 0. The van der Waals surface area contributed by atoms with Crippen molar-refractivity contribution in [1.29, 1.82) is 0 Å². The summed E-state index contributed by atoms with van der Waals surface area (Å²) in [7, 11) is 2.10. The first-order valence-corrected chi connectivity index (χ1v) is 12.4. The van der Waals surface area contributed by atoms with Crippen LogP contribution in [0, 0.1) is 6.92 Å². The molecule has 1 heterocycles. The molecule has 1 fully saturated rings. The summed E-state index contributed by atoms with van der Waals surface area (Å²) in [4.78, 5) is 7.06. The Hall–Kier alpha value is -1.29. The predicted octanol–water partition coefficient (Wildman–Crippen LogP) is 5.07.